The minimum atomic E-state index is -4.27. The summed E-state index contributed by atoms with van der Waals surface area (Å²) in [5.41, 5.74) is 0.624. The van der Waals surface area contributed by atoms with Crippen LogP contribution in [0.3, 0.4) is 0 Å². The summed E-state index contributed by atoms with van der Waals surface area (Å²) in [4.78, 5) is 10.3. The van der Waals surface area contributed by atoms with Crippen LogP contribution in [0.15, 0.2) is 18.2 Å². The molecule has 0 fully saturated rings. The van der Waals surface area contributed by atoms with Crippen molar-refractivity contribution in [2.45, 2.75) is 26.1 Å². The van der Waals surface area contributed by atoms with Gasteiger partial charge < -0.3 is 10.1 Å². The zero-order chi connectivity index (χ0) is 15.2. The van der Waals surface area contributed by atoms with E-state index in [-0.39, 0.29) is 18.0 Å². The van der Waals surface area contributed by atoms with Gasteiger partial charge in [-0.15, -0.1) is 0 Å². The van der Waals surface area contributed by atoms with E-state index in [9.17, 15) is 23.3 Å². The average molecular weight is 292 g/mol. The topological polar surface area (TPSA) is 64.4 Å². The maximum absolute atomic E-state index is 12.0. The van der Waals surface area contributed by atoms with Crippen molar-refractivity contribution >= 4 is 11.4 Å². The SMILES string of the molecule is CCNc1c(COCCC(F)(F)F)cccc1[N+](=O)[O-]. The van der Waals surface area contributed by atoms with Crippen LogP contribution >= 0.6 is 0 Å². The number of ether oxygens (including phenoxy) is 1. The lowest BCUT2D eigenvalue weighted by atomic mass is 10.1. The Balaban J connectivity index is 2.74. The van der Waals surface area contributed by atoms with E-state index in [0.717, 1.165) is 0 Å². The fraction of sp³-hybridized carbons (Fsp3) is 0.500. The minimum Gasteiger partial charge on any atom is -0.379 e. The van der Waals surface area contributed by atoms with Crippen LogP contribution in [0, 0.1) is 10.1 Å². The molecular formula is C12H15F3N2O3. The van der Waals surface area contributed by atoms with E-state index in [2.05, 4.69) is 5.32 Å². The van der Waals surface area contributed by atoms with Gasteiger partial charge in [-0.1, -0.05) is 12.1 Å². The standard InChI is InChI=1S/C12H15F3N2O3/c1-2-16-11-9(4-3-5-10(11)17(18)19)8-20-7-6-12(13,14)15/h3-5,16H,2,6-8H2,1H3. The summed E-state index contributed by atoms with van der Waals surface area (Å²) in [5, 5.41) is 13.7. The highest BCUT2D eigenvalue weighted by molar-refractivity contribution is 5.66. The second-order valence-electron chi connectivity index (χ2n) is 4.02. The fourth-order valence-electron chi connectivity index (χ4n) is 1.61. The molecule has 0 aliphatic heterocycles. The molecule has 8 heteroatoms. The van der Waals surface area contributed by atoms with Gasteiger partial charge in [0.25, 0.3) is 5.69 Å². The second-order valence-corrected chi connectivity index (χ2v) is 4.02. The molecule has 0 amide bonds. The van der Waals surface area contributed by atoms with Crippen LogP contribution < -0.4 is 5.32 Å². The van der Waals surface area contributed by atoms with Gasteiger partial charge in [-0.2, -0.15) is 13.2 Å². The van der Waals surface area contributed by atoms with Crippen molar-refractivity contribution in [3.63, 3.8) is 0 Å². The molecule has 0 bridgehead atoms. The number of halogens is 3. The van der Waals surface area contributed by atoms with E-state index in [1.807, 2.05) is 0 Å². The molecule has 0 saturated carbocycles. The highest BCUT2D eigenvalue weighted by atomic mass is 19.4. The molecule has 0 aliphatic rings. The third-order valence-electron chi connectivity index (χ3n) is 2.47. The summed E-state index contributed by atoms with van der Waals surface area (Å²) in [7, 11) is 0. The first-order chi connectivity index (χ1) is 9.35. The van der Waals surface area contributed by atoms with Gasteiger partial charge in [0.1, 0.15) is 5.69 Å². The molecule has 1 aromatic carbocycles. The smallest absolute Gasteiger partial charge is 0.379 e. The first kappa shape index (κ1) is 16.2. The molecule has 0 atom stereocenters. The number of anilines is 1. The van der Waals surface area contributed by atoms with Crippen LogP contribution in [-0.2, 0) is 11.3 Å². The van der Waals surface area contributed by atoms with E-state index in [1.54, 1.807) is 13.0 Å². The Morgan fingerprint density at radius 3 is 2.65 bits per heavy atom. The predicted molar refractivity (Wildman–Crippen MR) is 67.6 cm³/mol. The number of hydrogen-bond donors (Lipinski definition) is 1. The summed E-state index contributed by atoms with van der Waals surface area (Å²) < 4.78 is 40.8. The number of hydrogen-bond acceptors (Lipinski definition) is 4. The zero-order valence-electron chi connectivity index (χ0n) is 10.9. The van der Waals surface area contributed by atoms with E-state index >= 15 is 0 Å². The number of para-hydroxylation sites is 1. The predicted octanol–water partition coefficient (Wildman–Crippen LogP) is 3.50. The van der Waals surface area contributed by atoms with Crippen LogP contribution in [0.2, 0.25) is 0 Å². The monoisotopic (exact) mass is 292 g/mol. The Kier molecular flexibility index (Phi) is 5.75. The van der Waals surface area contributed by atoms with E-state index in [4.69, 9.17) is 4.74 Å². The maximum Gasteiger partial charge on any atom is 0.391 e. The van der Waals surface area contributed by atoms with Crippen molar-refractivity contribution in [1.29, 1.82) is 0 Å². The minimum absolute atomic E-state index is 0.111. The summed E-state index contributed by atoms with van der Waals surface area (Å²) in [6.07, 6.45) is -5.31. The van der Waals surface area contributed by atoms with Crippen LogP contribution in [-0.4, -0.2) is 24.3 Å². The zero-order valence-corrected chi connectivity index (χ0v) is 10.9. The molecule has 0 unspecified atom stereocenters. The largest absolute Gasteiger partial charge is 0.391 e. The van der Waals surface area contributed by atoms with Crippen molar-refractivity contribution in [2.75, 3.05) is 18.5 Å². The quantitative estimate of drug-likeness (QED) is 0.474. The van der Waals surface area contributed by atoms with E-state index in [1.165, 1.54) is 12.1 Å². The summed E-state index contributed by atoms with van der Waals surface area (Å²) in [6, 6.07) is 4.39. The van der Waals surface area contributed by atoms with Gasteiger partial charge in [0.05, 0.1) is 24.6 Å². The van der Waals surface area contributed by atoms with Crippen LogP contribution in [0.5, 0.6) is 0 Å². The van der Waals surface area contributed by atoms with Gasteiger partial charge in [0.2, 0.25) is 0 Å². The lowest BCUT2D eigenvalue weighted by Crippen LogP contribution is -2.12. The number of nitro groups is 1. The highest BCUT2D eigenvalue weighted by Gasteiger charge is 2.26. The van der Waals surface area contributed by atoms with Crippen LogP contribution in [0.25, 0.3) is 0 Å². The molecule has 20 heavy (non-hydrogen) atoms. The third-order valence-corrected chi connectivity index (χ3v) is 2.47. The lowest BCUT2D eigenvalue weighted by molar-refractivity contribution is -0.384. The Morgan fingerprint density at radius 1 is 1.40 bits per heavy atom. The molecule has 112 valence electrons. The maximum atomic E-state index is 12.0. The lowest BCUT2D eigenvalue weighted by Gasteiger charge is -2.12. The Hall–Kier alpha value is -1.83. The van der Waals surface area contributed by atoms with Crippen molar-refractivity contribution in [1.82, 2.24) is 0 Å². The molecular weight excluding hydrogens is 277 g/mol. The summed E-state index contributed by atoms with van der Waals surface area (Å²) in [6.45, 7) is 1.64. The van der Waals surface area contributed by atoms with Gasteiger partial charge in [0, 0.05) is 18.2 Å². The van der Waals surface area contributed by atoms with Crippen molar-refractivity contribution in [3.8, 4) is 0 Å². The fourth-order valence-corrected chi connectivity index (χ4v) is 1.61. The number of alkyl halides is 3. The molecule has 1 aromatic rings. The number of rotatable bonds is 7. The van der Waals surface area contributed by atoms with E-state index in [0.29, 0.717) is 12.1 Å². The van der Waals surface area contributed by atoms with Gasteiger partial charge in [-0.25, -0.2) is 0 Å². The number of nitrogens with zero attached hydrogens (tertiary/aromatic N) is 1. The number of nitro benzene ring substituents is 1. The molecule has 0 aromatic heterocycles. The first-order valence-corrected chi connectivity index (χ1v) is 5.99. The second kappa shape index (κ2) is 7.09. The molecule has 0 spiro atoms. The van der Waals surface area contributed by atoms with Crippen molar-refractivity contribution < 1.29 is 22.8 Å². The molecule has 0 aliphatic carbocycles. The molecule has 1 N–H and O–H groups in total. The normalized spacial score (nSPS) is 11.4. The Morgan fingerprint density at radius 2 is 2.10 bits per heavy atom. The number of nitrogens with one attached hydrogen (secondary N) is 1. The molecule has 0 heterocycles. The Labute approximate surface area is 113 Å². The first-order valence-electron chi connectivity index (χ1n) is 5.99. The van der Waals surface area contributed by atoms with Gasteiger partial charge >= 0.3 is 6.18 Å². The van der Waals surface area contributed by atoms with Crippen molar-refractivity contribution in [3.05, 3.63) is 33.9 Å². The summed E-state index contributed by atoms with van der Waals surface area (Å²) >= 11 is 0. The van der Waals surface area contributed by atoms with Crippen molar-refractivity contribution in [2.24, 2.45) is 0 Å². The average Bonchev–Trinajstić information content (AvgIpc) is 2.35. The summed E-state index contributed by atoms with van der Waals surface area (Å²) in [5.74, 6) is 0. The van der Waals surface area contributed by atoms with Gasteiger partial charge in [-0.3, -0.25) is 10.1 Å². The third kappa shape index (κ3) is 5.04. The van der Waals surface area contributed by atoms with E-state index < -0.39 is 24.1 Å². The molecule has 5 nitrogen and oxygen atoms in total. The molecule has 0 radical (unpaired) electrons. The highest BCUT2D eigenvalue weighted by Crippen LogP contribution is 2.29. The van der Waals surface area contributed by atoms with Gasteiger partial charge in [0.15, 0.2) is 0 Å². The Bertz CT molecular complexity index is 464. The molecule has 1 rings (SSSR count). The molecule has 0 saturated heterocycles. The number of benzene rings is 1. The van der Waals surface area contributed by atoms with Crippen LogP contribution in [0.1, 0.15) is 18.9 Å². The van der Waals surface area contributed by atoms with Gasteiger partial charge in [-0.05, 0) is 6.92 Å². The van der Waals surface area contributed by atoms with Crippen LogP contribution in [0.4, 0.5) is 24.5 Å².